The second-order valence-electron chi connectivity index (χ2n) is 6.88. The van der Waals surface area contributed by atoms with Gasteiger partial charge < -0.3 is 15.5 Å². The largest absolute Gasteiger partial charge is 0.372 e. The Bertz CT molecular complexity index is 887. The van der Waals surface area contributed by atoms with Crippen molar-refractivity contribution < 1.29 is 0 Å². The number of hydrogen-bond donors (Lipinski definition) is 2. The predicted octanol–water partition coefficient (Wildman–Crippen LogP) is 4.66. The summed E-state index contributed by atoms with van der Waals surface area (Å²) in [5.74, 6) is 1.13. The zero-order valence-corrected chi connectivity index (χ0v) is 15.5. The smallest absolute Gasteiger partial charge is 0.249 e. The summed E-state index contributed by atoms with van der Waals surface area (Å²) in [5, 5.41) is 14.6. The molecule has 2 heterocycles. The first-order valence-corrected chi connectivity index (χ1v) is 9.42. The molecule has 0 spiro atoms. The molecule has 2 aromatic carbocycles. The zero-order valence-electron chi connectivity index (χ0n) is 15.5. The highest BCUT2D eigenvalue weighted by molar-refractivity contribution is 5.61. The van der Waals surface area contributed by atoms with Gasteiger partial charge in [-0.1, -0.05) is 12.1 Å². The van der Waals surface area contributed by atoms with E-state index in [2.05, 4.69) is 74.0 Å². The first kappa shape index (κ1) is 17.3. The average molecular weight is 360 g/mol. The van der Waals surface area contributed by atoms with Gasteiger partial charge in [0.1, 0.15) is 0 Å². The fraction of sp³-hybridized carbons (Fsp3) is 0.286. The molecule has 6 nitrogen and oxygen atoms in total. The van der Waals surface area contributed by atoms with Crippen molar-refractivity contribution in [2.75, 3.05) is 28.6 Å². The summed E-state index contributed by atoms with van der Waals surface area (Å²) in [5.41, 5.74) is 4.39. The van der Waals surface area contributed by atoms with Crippen LogP contribution in [0.15, 0.2) is 54.7 Å². The van der Waals surface area contributed by atoms with E-state index in [1.54, 1.807) is 6.20 Å². The number of benzene rings is 2. The third-order valence-corrected chi connectivity index (χ3v) is 4.69. The second kappa shape index (κ2) is 8.03. The highest BCUT2D eigenvalue weighted by atomic mass is 15.3. The predicted molar refractivity (Wildman–Crippen MR) is 110 cm³/mol. The Kier molecular flexibility index (Phi) is 5.14. The van der Waals surface area contributed by atoms with E-state index < -0.39 is 0 Å². The molecular formula is C21H24N6. The third-order valence-electron chi connectivity index (χ3n) is 4.69. The van der Waals surface area contributed by atoms with Crippen LogP contribution in [0.3, 0.4) is 0 Å². The highest BCUT2D eigenvalue weighted by Crippen LogP contribution is 2.23. The van der Waals surface area contributed by atoms with Crippen LogP contribution in [0.25, 0.3) is 0 Å². The monoisotopic (exact) mass is 360 g/mol. The van der Waals surface area contributed by atoms with Gasteiger partial charge in [0.25, 0.3) is 0 Å². The van der Waals surface area contributed by atoms with Gasteiger partial charge in [-0.05, 0) is 68.1 Å². The van der Waals surface area contributed by atoms with Crippen LogP contribution in [0, 0.1) is 6.92 Å². The molecule has 3 aromatic rings. The Labute approximate surface area is 159 Å². The Balaban J connectivity index is 1.43. The van der Waals surface area contributed by atoms with E-state index in [1.807, 2.05) is 12.1 Å². The molecule has 0 unspecified atom stereocenters. The molecule has 1 aliphatic rings. The first-order valence-electron chi connectivity index (χ1n) is 9.42. The van der Waals surface area contributed by atoms with Gasteiger partial charge in [0.2, 0.25) is 5.95 Å². The van der Waals surface area contributed by atoms with Crippen LogP contribution >= 0.6 is 0 Å². The van der Waals surface area contributed by atoms with Gasteiger partial charge in [0.05, 0.1) is 6.20 Å². The van der Waals surface area contributed by atoms with E-state index in [1.165, 1.54) is 30.5 Å². The van der Waals surface area contributed by atoms with E-state index in [4.69, 9.17) is 0 Å². The highest BCUT2D eigenvalue weighted by Gasteiger charge is 2.10. The zero-order chi connectivity index (χ0) is 18.5. The molecule has 0 amide bonds. The number of nitrogens with zero attached hydrogens (tertiary/aromatic N) is 4. The van der Waals surface area contributed by atoms with E-state index in [-0.39, 0.29) is 0 Å². The topological polar surface area (TPSA) is 66.0 Å². The average Bonchev–Trinajstić information content (AvgIpc) is 2.70. The van der Waals surface area contributed by atoms with Crippen molar-refractivity contribution in [3.05, 3.63) is 60.3 Å². The molecule has 0 radical (unpaired) electrons. The Morgan fingerprint density at radius 2 is 1.70 bits per heavy atom. The summed E-state index contributed by atoms with van der Waals surface area (Å²) in [6, 6.07) is 16.6. The molecule has 6 heteroatoms. The number of piperidine rings is 1. The Morgan fingerprint density at radius 3 is 2.48 bits per heavy atom. The van der Waals surface area contributed by atoms with Gasteiger partial charge in [0.15, 0.2) is 5.82 Å². The van der Waals surface area contributed by atoms with Crippen LogP contribution < -0.4 is 15.5 Å². The second-order valence-corrected chi connectivity index (χ2v) is 6.88. The summed E-state index contributed by atoms with van der Waals surface area (Å²) >= 11 is 0. The molecule has 1 fully saturated rings. The maximum absolute atomic E-state index is 4.50. The molecule has 0 aliphatic carbocycles. The van der Waals surface area contributed by atoms with Gasteiger partial charge in [-0.15, -0.1) is 5.10 Å². The van der Waals surface area contributed by atoms with Crippen molar-refractivity contribution in [2.24, 2.45) is 0 Å². The molecule has 1 aliphatic heterocycles. The fourth-order valence-corrected chi connectivity index (χ4v) is 3.32. The van der Waals surface area contributed by atoms with Crippen LogP contribution in [0.2, 0.25) is 0 Å². The first-order chi connectivity index (χ1) is 13.3. The van der Waals surface area contributed by atoms with Gasteiger partial charge in [0, 0.05) is 30.2 Å². The maximum atomic E-state index is 4.50. The van der Waals surface area contributed by atoms with Crippen LogP contribution in [0.5, 0.6) is 0 Å². The van der Waals surface area contributed by atoms with Gasteiger partial charge in [-0.2, -0.15) is 10.1 Å². The van der Waals surface area contributed by atoms with Crippen LogP contribution in [-0.4, -0.2) is 28.3 Å². The van der Waals surface area contributed by atoms with Crippen molar-refractivity contribution in [3.8, 4) is 0 Å². The Morgan fingerprint density at radius 1 is 0.889 bits per heavy atom. The Hall–Kier alpha value is -3.15. The molecule has 0 atom stereocenters. The number of rotatable bonds is 5. The third kappa shape index (κ3) is 4.53. The number of nitrogens with one attached hydrogen (secondary N) is 2. The molecule has 27 heavy (non-hydrogen) atoms. The fourth-order valence-electron chi connectivity index (χ4n) is 3.32. The van der Waals surface area contributed by atoms with Crippen molar-refractivity contribution in [1.82, 2.24) is 15.2 Å². The van der Waals surface area contributed by atoms with Gasteiger partial charge in [-0.25, -0.2) is 0 Å². The molecule has 2 N–H and O–H groups in total. The minimum atomic E-state index is 0.471. The van der Waals surface area contributed by atoms with Crippen molar-refractivity contribution in [3.63, 3.8) is 0 Å². The lowest BCUT2D eigenvalue weighted by Gasteiger charge is -2.28. The molecule has 0 bridgehead atoms. The maximum Gasteiger partial charge on any atom is 0.249 e. The molecule has 138 valence electrons. The van der Waals surface area contributed by atoms with Crippen molar-refractivity contribution in [1.29, 1.82) is 0 Å². The molecule has 0 saturated carbocycles. The molecule has 1 aromatic heterocycles. The minimum Gasteiger partial charge on any atom is -0.372 e. The number of aryl methyl sites for hydroxylation is 1. The number of anilines is 5. The van der Waals surface area contributed by atoms with E-state index in [0.29, 0.717) is 11.8 Å². The summed E-state index contributed by atoms with van der Waals surface area (Å²) in [6.45, 7) is 4.35. The van der Waals surface area contributed by atoms with Crippen LogP contribution in [-0.2, 0) is 0 Å². The van der Waals surface area contributed by atoms with Gasteiger partial charge >= 0.3 is 0 Å². The lowest BCUT2D eigenvalue weighted by Crippen LogP contribution is -2.29. The lowest BCUT2D eigenvalue weighted by molar-refractivity contribution is 0.578. The SMILES string of the molecule is Cc1cccc(Nc2cnnc(Nc3ccc(N4CCCCC4)cc3)n2)c1. The quantitative estimate of drug-likeness (QED) is 0.690. The summed E-state index contributed by atoms with van der Waals surface area (Å²) < 4.78 is 0. The number of aromatic nitrogens is 3. The summed E-state index contributed by atoms with van der Waals surface area (Å²) in [4.78, 5) is 6.94. The van der Waals surface area contributed by atoms with E-state index in [0.717, 1.165) is 24.5 Å². The van der Waals surface area contributed by atoms with E-state index in [9.17, 15) is 0 Å². The number of hydrogen-bond acceptors (Lipinski definition) is 6. The minimum absolute atomic E-state index is 0.471. The van der Waals surface area contributed by atoms with Crippen molar-refractivity contribution in [2.45, 2.75) is 26.2 Å². The standard InChI is InChI=1S/C21H24N6/c1-16-6-5-7-18(14-16)23-20-15-22-26-21(25-20)24-17-8-10-19(11-9-17)27-12-3-2-4-13-27/h5-11,14-15H,2-4,12-13H2,1H3,(H2,23,24,25,26). The molecule has 4 rings (SSSR count). The summed E-state index contributed by atoms with van der Waals surface area (Å²) in [6.07, 6.45) is 5.51. The summed E-state index contributed by atoms with van der Waals surface area (Å²) in [7, 11) is 0. The van der Waals surface area contributed by atoms with Crippen LogP contribution in [0.4, 0.5) is 28.8 Å². The van der Waals surface area contributed by atoms with Gasteiger partial charge in [-0.3, -0.25) is 0 Å². The van der Waals surface area contributed by atoms with Crippen molar-refractivity contribution >= 4 is 28.8 Å². The molecular weight excluding hydrogens is 336 g/mol. The van der Waals surface area contributed by atoms with E-state index >= 15 is 0 Å². The normalized spacial score (nSPS) is 14.0. The van der Waals surface area contributed by atoms with Crippen LogP contribution in [0.1, 0.15) is 24.8 Å². The lowest BCUT2D eigenvalue weighted by atomic mass is 10.1. The molecule has 1 saturated heterocycles.